The minimum atomic E-state index is 0.0539. The van der Waals surface area contributed by atoms with Gasteiger partial charge in [-0.3, -0.25) is 4.79 Å². The molecule has 1 saturated heterocycles. The second-order valence-electron chi connectivity index (χ2n) is 5.69. The molecule has 0 spiro atoms. The van der Waals surface area contributed by atoms with Gasteiger partial charge in [-0.1, -0.05) is 6.07 Å². The quantitative estimate of drug-likeness (QED) is 0.820. The molecule has 3 rings (SSSR count). The molecule has 2 aromatic rings. The van der Waals surface area contributed by atoms with Gasteiger partial charge in [0.15, 0.2) is 0 Å². The Hall–Kier alpha value is -2.08. The summed E-state index contributed by atoms with van der Waals surface area (Å²) in [6.07, 6.45) is 1.79. The van der Waals surface area contributed by atoms with Crippen molar-refractivity contribution >= 4 is 33.3 Å². The van der Waals surface area contributed by atoms with E-state index in [-0.39, 0.29) is 5.91 Å². The monoisotopic (exact) mass is 374 g/mol. The number of anilines is 2. The highest BCUT2D eigenvalue weighted by molar-refractivity contribution is 9.10. The van der Waals surface area contributed by atoms with Crippen LogP contribution in [-0.4, -0.2) is 42.0 Å². The molecule has 0 unspecified atom stereocenters. The van der Waals surface area contributed by atoms with Gasteiger partial charge in [0.05, 0.1) is 0 Å². The molecule has 2 N–H and O–H groups in total. The third-order valence-corrected chi connectivity index (χ3v) is 4.56. The van der Waals surface area contributed by atoms with Crippen molar-refractivity contribution in [1.29, 1.82) is 0 Å². The van der Waals surface area contributed by atoms with Crippen LogP contribution >= 0.6 is 15.9 Å². The maximum absolute atomic E-state index is 12.7. The Balaban J connectivity index is 1.67. The van der Waals surface area contributed by atoms with E-state index in [2.05, 4.69) is 25.8 Å². The molecule has 0 radical (unpaired) electrons. The van der Waals surface area contributed by atoms with Gasteiger partial charge >= 0.3 is 0 Å². The molecule has 0 atom stereocenters. The van der Waals surface area contributed by atoms with Crippen molar-refractivity contribution in [1.82, 2.24) is 9.88 Å². The fraction of sp³-hybridized carbons (Fsp3) is 0.294. The van der Waals surface area contributed by atoms with E-state index in [0.29, 0.717) is 24.3 Å². The van der Waals surface area contributed by atoms with Crippen LogP contribution in [0.3, 0.4) is 0 Å². The molecule has 1 aliphatic rings. The highest BCUT2D eigenvalue weighted by Gasteiger charge is 2.23. The number of benzene rings is 1. The molecule has 0 aliphatic carbocycles. The minimum Gasteiger partial charge on any atom is -0.399 e. The molecule has 1 fully saturated rings. The van der Waals surface area contributed by atoms with Gasteiger partial charge < -0.3 is 15.5 Å². The number of aryl methyl sites for hydroxylation is 1. The van der Waals surface area contributed by atoms with Crippen molar-refractivity contribution in [3.8, 4) is 0 Å². The highest BCUT2D eigenvalue weighted by Crippen LogP contribution is 2.19. The van der Waals surface area contributed by atoms with E-state index in [9.17, 15) is 4.79 Å². The van der Waals surface area contributed by atoms with Crippen molar-refractivity contribution in [2.45, 2.75) is 6.92 Å². The largest absolute Gasteiger partial charge is 0.399 e. The summed E-state index contributed by atoms with van der Waals surface area (Å²) in [7, 11) is 0. The highest BCUT2D eigenvalue weighted by atomic mass is 79.9. The number of hydrogen-bond acceptors (Lipinski definition) is 4. The summed E-state index contributed by atoms with van der Waals surface area (Å²) in [5.74, 6) is 0.999. The van der Waals surface area contributed by atoms with Crippen LogP contribution in [-0.2, 0) is 0 Å². The van der Waals surface area contributed by atoms with E-state index in [1.165, 1.54) is 0 Å². The summed E-state index contributed by atoms with van der Waals surface area (Å²) < 4.78 is 0.965. The lowest BCUT2D eigenvalue weighted by Gasteiger charge is -2.35. The zero-order chi connectivity index (χ0) is 16.4. The van der Waals surface area contributed by atoms with Crippen molar-refractivity contribution in [2.75, 3.05) is 36.8 Å². The molecule has 23 heavy (non-hydrogen) atoms. The number of rotatable bonds is 2. The number of piperazine rings is 1. The van der Waals surface area contributed by atoms with Crippen LogP contribution in [0, 0.1) is 6.92 Å². The molecule has 1 aliphatic heterocycles. The third kappa shape index (κ3) is 3.47. The Morgan fingerprint density at radius 1 is 1.17 bits per heavy atom. The summed E-state index contributed by atoms with van der Waals surface area (Å²) >= 11 is 3.39. The van der Waals surface area contributed by atoms with Gasteiger partial charge in [-0.05, 0) is 52.7 Å². The van der Waals surface area contributed by atoms with Crippen molar-refractivity contribution in [3.63, 3.8) is 0 Å². The molecular weight excluding hydrogens is 356 g/mol. The zero-order valence-corrected chi connectivity index (χ0v) is 14.6. The molecule has 120 valence electrons. The van der Waals surface area contributed by atoms with Crippen LogP contribution in [0.5, 0.6) is 0 Å². The number of carbonyl (C=O) groups is 1. The second-order valence-corrected chi connectivity index (χ2v) is 6.60. The summed E-state index contributed by atoms with van der Waals surface area (Å²) in [5, 5.41) is 0. The lowest BCUT2D eigenvalue weighted by atomic mass is 10.1. The van der Waals surface area contributed by atoms with Crippen molar-refractivity contribution < 1.29 is 4.79 Å². The first kappa shape index (κ1) is 15.8. The number of pyridine rings is 1. The molecule has 1 amide bonds. The number of nitrogens with zero attached hydrogens (tertiary/aromatic N) is 3. The summed E-state index contributed by atoms with van der Waals surface area (Å²) in [4.78, 5) is 21.2. The second kappa shape index (κ2) is 6.58. The average molecular weight is 375 g/mol. The first-order valence-corrected chi connectivity index (χ1v) is 8.36. The molecule has 6 heteroatoms. The Morgan fingerprint density at radius 3 is 2.57 bits per heavy atom. The van der Waals surface area contributed by atoms with Gasteiger partial charge in [0.25, 0.3) is 5.91 Å². The van der Waals surface area contributed by atoms with E-state index < -0.39 is 0 Å². The number of aromatic nitrogens is 1. The number of halogens is 1. The van der Waals surface area contributed by atoms with E-state index in [1.807, 2.05) is 36.1 Å². The Kier molecular flexibility index (Phi) is 4.52. The van der Waals surface area contributed by atoms with Gasteiger partial charge in [-0.2, -0.15) is 0 Å². The topological polar surface area (TPSA) is 62.5 Å². The molecule has 1 aromatic heterocycles. The van der Waals surface area contributed by atoms with Crippen LogP contribution in [0.15, 0.2) is 41.0 Å². The lowest BCUT2D eigenvalue weighted by Crippen LogP contribution is -2.49. The van der Waals surface area contributed by atoms with Gasteiger partial charge in [0.2, 0.25) is 0 Å². The number of nitrogens with two attached hydrogens (primary N) is 1. The number of nitrogen functional groups attached to an aromatic ring is 1. The molecule has 1 aromatic carbocycles. The van der Waals surface area contributed by atoms with Crippen LogP contribution in [0.1, 0.15) is 15.9 Å². The maximum Gasteiger partial charge on any atom is 0.254 e. The SMILES string of the molecule is Cc1ccc(N)cc1C(=O)N1CCN(c2ccc(Br)cn2)CC1. The minimum absolute atomic E-state index is 0.0539. The van der Waals surface area contributed by atoms with Gasteiger partial charge in [-0.15, -0.1) is 0 Å². The summed E-state index contributed by atoms with van der Waals surface area (Å²) in [5.41, 5.74) is 8.09. The normalized spacial score (nSPS) is 14.9. The van der Waals surface area contributed by atoms with Gasteiger partial charge in [-0.25, -0.2) is 4.98 Å². The summed E-state index contributed by atoms with van der Waals surface area (Å²) in [6, 6.07) is 9.45. The molecule has 5 nitrogen and oxygen atoms in total. The first-order chi connectivity index (χ1) is 11.0. The molecule has 0 bridgehead atoms. The Morgan fingerprint density at radius 2 is 1.91 bits per heavy atom. The standard InChI is InChI=1S/C17H19BrN4O/c1-12-2-4-14(19)10-15(12)17(23)22-8-6-21(7-9-22)16-5-3-13(18)11-20-16/h2-5,10-11H,6-9,19H2,1H3. The van der Waals surface area contributed by atoms with E-state index in [4.69, 9.17) is 5.73 Å². The maximum atomic E-state index is 12.7. The Labute approximate surface area is 144 Å². The molecule has 0 saturated carbocycles. The molecule has 2 heterocycles. The number of amides is 1. The predicted octanol–water partition coefficient (Wildman–Crippen LogP) is 2.70. The predicted molar refractivity (Wildman–Crippen MR) is 95.6 cm³/mol. The zero-order valence-electron chi connectivity index (χ0n) is 13.0. The van der Waals surface area contributed by atoms with Gasteiger partial charge in [0, 0.05) is 48.1 Å². The number of hydrogen-bond donors (Lipinski definition) is 1. The fourth-order valence-electron chi connectivity index (χ4n) is 2.73. The van der Waals surface area contributed by atoms with Crippen molar-refractivity contribution in [3.05, 3.63) is 52.1 Å². The number of carbonyl (C=O) groups excluding carboxylic acids is 1. The third-order valence-electron chi connectivity index (χ3n) is 4.09. The van der Waals surface area contributed by atoms with Crippen LogP contribution in [0.2, 0.25) is 0 Å². The van der Waals surface area contributed by atoms with Gasteiger partial charge in [0.1, 0.15) is 5.82 Å². The smallest absolute Gasteiger partial charge is 0.254 e. The van der Waals surface area contributed by atoms with E-state index in [0.717, 1.165) is 28.9 Å². The van der Waals surface area contributed by atoms with Crippen molar-refractivity contribution in [2.24, 2.45) is 0 Å². The van der Waals surface area contributed by atoms with Crippen LogP contribution in [0.25, 0.3) is 0 Å². The van der Waals surface area contributed by atoms with E-state index in [1.54, 1.807) is 12.3 Å². The first-order valence-electron chi connectivity index (χ1n) is 7.56. The lowest BCUT2D eigenvalue weighted by molar-refractivity contribution is 0.0746. The average Bonchev–Trinajstić information content (AvgIpc) is 2.57. The molecular formula is C17H19BrN4O. The van der Waals surface area contributed by atoms with Crippen LogP contribution < -0.4 is 10.6 Å². The van der Waals surface area contributed by atoms with Crippen LogP contribution in [0.4, 0.5) is 11.5 Å². The Bertz CT molecular complexity index is 709. The fourth-order valence-corrected chi connectivity index (χ4v) is 2.97. The summed E-state index contributed by atoms with van der Waals surface area (Å²) in [6.45, 7) is 4.87. The van der Waals surface area contributed by atoms with E-state index >= 15 is 0 Å².